The Morgan fingerprint density at radius 1 is 1.04 bits per heavy atom. The molecule has 1 fully saturated rings. The Morgan fingerprint density at radius 2 is 1.67 bits per heavy atom. The van der Waals surface area contributed by atoms with Gasteiger partial charge in [0, 0.05) is 43.9 Å². The van der Waals surface area contributed by atoms with Gasteiger partial charge in [0.2, 0.25) is 0 Å². The van der Waals surface area contributed by atoms with E-state index in [0.717, 1.165) is 60.9 Å². The number of amides is 1. The molecule has 0 N–H and O–H groups in total. The number of aryl methyl sites for hydroxylation is 4. The first-order valence-electron chi connectivity index (χ1n) is 8.45. The van der Waals surface area contributed by atoms with E-state index in [0.29, 0.717) is 0 Å². The van der Waals surface area contributed by atoms with Gasteiger partial charge in [-0.2, -0.15) is 0 Å². The molecule has 0 radical (unpaired) electrons. The number of nitrogens with zero attached hydrogens (tertiary/aromatic N) is 3. The maximum absolute atomic E-state index is 12.7. The van der Waals surface area contributed by atoms with E-state index in [1.54, 1.807) is 0 Å². The highest BCUT2D eigenvalue weighted by Crippen LogP contribution is 2.17. The van der Waals surface area contributed by atoms with Crippen LogP contribution >= 0.6 is 0 Å². The molecule has 0 atom stereocenters. The van der Waals surface area contributed by atoms with Crippen LogP contribution in [0.1, 0.15) is 38.5 Å². The normalized spacial score (nSPS) is 15.8. The van der Waals surface area contributed by atoms with Crippen LogP contribution in [-0.2, 0) is 6.54 Å². The summed E-state index contributed by atoms with van der Waals surface area (Å²) in [6.07, 6.45) is 0. The van der Waals surface area contributed by atoms with Crippen LogP contribution in [0.15, 0.2) is 22.7 Å². The van der Waals surface area contributed by atoms with Crippen LogP contribution in [0.4, 0.5) is 0 Å². The summed E-state index contributed by atoms with van der Waals surface area (Å²) in [4.78, 5) is 17.0. The summed E-state index contributed by atoms with van der Waals surface area (Å²) in [5, 5.41) is 4.01. The Hall–Kier alpha value is -2.14. The minimum Gasteiger partial charge on any atom is -0.361 e. The number of aromatic nitrogens is 1. The Bertz CT molecular complexity index is 703. The number of hydrogen-bond donors (Lipinski definition) is 0. The van der Waals surface area contributed by atoms with Crippen molar-refractivity contribution in [1.29, 1.82) is 0 Å². The van der Waals surface area contributed by atoms with Crippen LogP contribution < -0.4 is 0 Å². The van der Waals surface area contributed by atoms with Crippen LogP contribution in [0, 0.1) is 27.7 Å². The van der Waals surface area contributed by atoms with Crippen LogP contribution in [-0.4, -0.2) is 47.0 Å². The summed E-state index contributed by atoms with van der Waals surface area (Å²) >= 11 is 0. The Labute approximate surface area is 143 Å². The van der Waals surface area contributed by atoms with E-state index in [1.165, 1.54) is 5.56 Å². The van der Waals surface area contributed by atoms with Gasteiger partial charge in [-0.05, 0) is 39.8 Å². The highest BCUT2D eigenvalue weighted by atomic mass is 16.5. The maximum Gasteiger partial charge on any atom is 0.253 e. The lowest BCUT2D eigenvalue weighted by Crippen LogP contribution is -2.48. The summed E-state index contributed by atoms with van der Waals surface area (Å²) in [5.41, 5.74) is 5.20. The van der Waals surface area contributed by atoms with Crippen molar-refractivity contribution in [2.45, 2.75) is 34.2 Å². The molecule has 5 heteroatoms. The largest absolute Gasteiger partial charge is 0.361 e. The van der Waals surface area contributed by atoms with Gasteiger partial charge in [0.15, 0.2) is 0 Å². The number of hydrogen-bond acceptors (Lipinski definition) is 4. The van der Waals surface area contributed by atoms with E-state index in [-0.39, 0.29) is 5.91 Å². The third-order valence-corrected chi connectivity index (χ3v) is 4.69. The molecule has 1 amide bonds. The topological polar surface area (TPSA) is 49.6 Å². The van der Waals surface area contributed by atoms with Gasteiger partial charge in [-0.25, -0.2) is 0 Å². The quantitative estimate of drug-likeness (QED) is 0.870. The Balaban J connectivity index is 1.61. The molecule has 1 saturated heterocycles. The average molecular weight is 327 g/mol. The number of piperazine rings is 1. The van der Waals surface area contributed by atoms with Gasteiger partial charge in [-0.3, -0.25) is 9.69 Å². The molecule has 128 valence electrons. The zero-order chi connectivity index (χ0) is 17.3. The van der Waals surface area contributed by atoms with Gasteiger partial charge in [0.25, 0.3) is 5.91 Å². The lowest BCUT2D eigenvalue weighted by atomic mass is 10.1. The highest BCUT2D eigenvalue weighted by Gasteiger charge is 2.23. The fraction of sp³-hybridized carbons (Fsp3) is 0.474. The smallest absolute Gasteiger partial charge is 0.253 e. The SMILES string of the molecule is Cc1cc(C)cc(C(=O)N2CCN(Cc3c(C)noc3C)CC2)c1. The molecular weight excluding hydrogens is 302 g/mol. The molecule has 1 aliphatic heterocycles. The molecule has 2 aromatic rings. The summed E-state index contributed by atoms with van der Waals surface area (Å²) in [6, 6.07) is 6.05. The van der Waals surface area contributed by atoms with E-state index >= 15 is 0 Å². The van der Waals surface area contributed by atoms with E-state index in [4.69, 9.17) is 4.52 Å². The van der Waals surface area contributed by atoms with Crippen molar-refractivity contribution in [2.75, 3.05) is 26.2 Å². The van der Waals surface area contributed by atoms with Gasteiger partial charge < -0.3 is 9.42 Å². The second-order valence-corrected chi connectivity index (χ2v) is 6.75. The van der Waals surface area contributed by atoms with Gasteiger partial charge >= 0.3 is 0 Å². The first-order valence-corrected chi connectivity index (χ1v) is 8.45. The summed E-state index contributed by atoms with van der Waals surface area (Å²) < 4.78 is 5.24. The predicted molar refractivity (Wildman–Crippen MR) is 93.1 cm³/mol. The van der Waals surface area contributed by atoms with Gasteiger partial charge in [0.1, 0.15) is 5.76 Å². The number of rotatable bonds is 3. The maximum atomic E-state index is 12.7. The minimum absolute atomic E-state index is 0.138. The first-order chi connectivity index (χ1) is 11.4. The summed E-state index contributed by atoms with van der Waals surface area (Å²) in [7, 11) is 0. The number of carbonyl (C=O) groups is 1. The average Bonchev–Trinajstić information content (AvgIpc) is 2.86. The third kappa shape index (κ3) is 3.51. The van der Waals surface area contributed by atoms with E-state index in [2.05, 4.69) is 16.1 Å². The second-order valence-electron chi connectivity index (χ2n) is 6.75. The molecule has 5 nitrogen and oxygen atoms in total. The molecule has 0 saturated carbocycles. The summed E-state index contributed by atoms with van der Waals surface area (Å²) in [6.45, 7) is 12.1. The summed E-state index contributed by atoms with van der Waals surface area (Å²) in [5.74, 6) is 1.03. The highest BCUT2D eigenvalue weighted by molar-refractivity contribution is 5.94. The Kier molecular flexibility index (Phi) is 4.71. The molecule has 0 unspecified atom stereocenters. The van der Waals surface area contributed by atoms with Crippen LogP contribution in [0.5, 0.6) is 0 Å². The van der Waals surface area contributed by atoms with Gasteiger partial charge in [-0.1, -0.05) is 22.3 Å². The van der Waals surface area contributed by atoms with Crippen molar-refractivity contribution in [3.05, 3.63) is 51.9 Å². The molecule has 0 aliphatic carbocycles. The molecule has 24 heavy (non-hydrogen) atoms. The minimum atomic E-state index is 0.138. The molecule has 2 heterocycles. The zero-order valence-electron chi connectivity index (χ0n) is 14.9. The van der Waals surface area contributed by atoms with Crippen molar-refractivity contribution < 1.29 is 9.32 Å². The standard InChI is InChI=1S/C19H25N3O2/c1-13-9-14(2)11-17(10-13)19(23)22-7-5-21(6-8-22)12-18-15(3)20-24-16(18)4/h9-11H,5-8,12H2,1-4H3. The van der Waals surface area contributed by atoms with Crippen molar-refractivity contribution >= 4 is 5.91 Å². The van der Waals surface area contributed by atoms with E-state index in [1.807, 2.05) is 44.7 Å². The van der Waals surface area contributed by atoms with Gasteiger partial charge in [0.05, 0.1) is 5.69 Å². The number of carbonyl (C=O) groups excluding carboxylic acids is 1. The van der Waals surface area contributed by atoms with Crippen LogP contribution in [0.25, 0.3) is 0 Å². The third-order valence-electron chi connectivity index (χ3n) is 4.69. The van der Waals surface area contributed by atoms with Crippen LogP contribution in [0.3, 0.4) is 0 Å². The molecule has 0 bridgehead atoms. The monoisotopic (exact) mass is 327 g/mol. The lowest BCUT2D eigenvalue weighted by molar-refractivity contribution is 0.0627. The molecule has 1 aromatic carbocycles. The fourth-order valence-corrected chi connectivity index (χ4v) is 3.34. The molecule has 0 spiro atoms. The fourth-order valence-electron chi connectivity index (χ4n) is 3.34. The number of benzene rings is 1. The van der Waals surface area contributed by atoms with Crippen molar-refractivity contribution in [2.24, 2.45) is 0 Å². The van der Waals surface area contributed by atoms with Gasteiger partial charge in [-0.15, -0.1) is 0 Å². The van der Waals surface area contributed by atoms with Crippen molar-refractivity contribution in [1.82, 2.24) is 15.0 Å². The molecular formula is C19H25N3O2. The lowest BCUT2D eigenvalue weighted by Gasteiger charge is -2.34. The molecule has 1 aromatic heterocycles. The zero-order valence-corrected chi connectivity index (χ0v) is 14.9. The van der Waals surface area contributed by atoms with Crippen LogP contribution in [0.2, 0.25) is 0 Å². The van der Waals surface area contributed by atoms with Crippen molar-refractivity contribution in [3.63, 3.8) is 0 Å². The molecule has 1 aliphatic rings. The Morgan fingerprint density at radius 3 is 2.21 bits per heavy atom. The van der Waals surface area contributed by atoms with Crippen molar-refractivity contribution in [3.8, 4) is 0 Å². The molecule has 3 rings (SSSR count). The first kappa shape index (κ1) is 16.7. The van der Waals surface area contributed by atoms with E-state index < -0.39 is 0 Å². The van der Waals surface area contributed by atoms with E-state index in [9.17, 15) is 4.79 Å². The second kappa shape index (κ2) is 6.77. The predicted octanol–water partition coefficient (Wildman–Crippen LogP) is 2.87.